The summed E-state index contributed by atoms with van der Waals surface area (Å²) in [5, 5.41) is 8.64. The number of hydrogen-bond acceptors (Lipinski definition) is 4. The van der Waals surface area contributed by atoms with E-state index in [-0.39, 0.29) is 23.8 Å². The first kappa shape index (κ1) is 20.6. The van der Waals surface area contributed by atoms with E-state index in [4.69, 9.17) is 0 Å². The number of rotatable bonds is 5. The fraction of sp³-hybridized carbons (Fsp3) is 0.348. The largest absolute Gasteiger partial charge is 0.323 e. The van der Waals surface area contributed by atoms with Crippen molar-refractivity contribution in [2.45, 2.75) is 38.6 Å². The predicted octanol–water partition coefficient (Wildman–Crippen LogP) is 3.16. The van der Waals surface area contributed by atoms with Crippen LogP contribution in [0.1, 0.15) is 43.9 Å². The molecule has 6 nitrogen and oxygen atoms in total. The van der Waals surface area contributed by atoms with Crippen LogP contribution >= 0.6 is 0 Å². The maximum absolute atomic E-state index is 12.6. The molecule has 3 rings (SSSR count). The molecule has 0 saturated heterocycles. The lowest BCUT2D eigenvalue weighted by Gasteiger charge is -2.14. The normalized spacial score (nSPS) is 14.6. The van der Waals surface area contributed by atoms with Gasteiger partial charge in [0.2, 0.25) is 11.8 Å². The molecule has 0 spiro atoms. The van der Waals surface area contributed by atoms with E-state index in [2.05, 4.69) is 32.8 Å². The Morgan fingerprint density at radius 1 is 1.03 bits per heavy atom. The van der Waals surface area contributed by atoms with Crippen molar-refractivity contribution < 1.29 is 9.59 Å². The molecular weight excluding hydrogens is 364 g/mol. The second-order valence-electron chi connectivity index (χ2n) is 7.18. The van der Waals surface area contributed by atoms with Gasteiger partial charge in [-0.15, -0.1) is 0 Å². The van der Waals surface area contributed by atoms with E-state index in [9.17, 15) is 9.59 Å². The standard InChI is InChI=1S/C23H26N4O2/c1-16(24-2)22(28)27-21-15-14-20(26-23(29)18-10-6-7-11-18)19(25-21)13-12-17-8-4-3-5-9-17/h3-5,8-9,14-16,18,24H,6-7,10-11H2,1-2H3,(H,26,29)(H,25,27,28). The van der Waals surface area contributed by atoms with E-state index in [1.165, 1.54) is 0 Å². The Morgan fingerprint density at radius 3 is 2.45 bits per heavy atom. The van der Waals surface area contributed by atoms with Crippen molar-refractivity contribution >= 4 is 23.3 Å². The minimum Gasteiger partial charge on any atom is -0.323 e. The Morgan fingerprint density at radius 2 is 1.76 bits per heavy atom. The lowest BCUT2D eigenvalue weighted by atomic mass is 10.1. The summed E-state index contributed by atoms with van der Waals surface area (Å²) in [6, 6.07) is 12.6. The summed E-state index contributed by atoms with van der Waals surface area (Å²) in [6.45, 7) is 1.77. The first-order valence-electron chi connectivity index (χ1n) is 9.94. The number of benzene rings is 1. The monoisotopic (exact) mass is 390 g/mol. The third-order valence-corrected chi connectivity index (χ3v) is 5.06. The molecule has 6 heteroatoms. The van der Waals surface area contributed by atoms with Crippen LogP contribution in [0.3, 0.4) is 0 Å². The van der Waals surface area contributed by atoms with Gasteiger partial charge < -0.3 is 16.0 Å². The van der Waals surface area contributed by atoms with Crippen LogP contribution in [0.4, 0.5) is 11.5 Å². The van der Waals surface area contributed by atoms with Crippen LogP contribution in [0.2, 0.25) is 0 Å². The average molecular weight is 390 g/mol. The predicted molar refractivity (Wildman–Crippen MR) is 114 cm³/mol. The minimum absolute atomic E-state index is 0.00709. The smallest absolute Gasteiger partial charge is 0.242 e. The van der Waals surface area contributed by atoms with Crippen molar-refractivity contribution in [3.63, 3.8) is 0 Å². The third kappa shape index (κ3) is 5.66. The molecule has 1 saturated carbocycles. The second-order valence-corrected chi connectivity index (χ2v) is 7.18. The summed E-state index contributed by atoms with van der Waals surface area (Å²) >= 11 is 0. The highest BCUT2D eigenvalue weighted by atomic mass is 16.2. The fourth-order valence-corrected chi connectivity index (χ4v) is 3.17. The molecule has 1 aliphatic rings. The van der Waals surface area contributed by atoms with Crippen LogP contribution in [-0.2, 0) is 9.59 Å². The number of pyridine rings is 1. The highest BCUT2D eigenvalue weighted by molar-refractivity contribution is 5.95. The number of aromatic nitrogens is 1. The molecule has 1 aromatic heterocycles. The van der Waals surface area contributed by atoms with Gasteiger partial charge in [0.05, 0.1) is 11.7 Å². The zero-order valence-corrected chi connectivity index (χ0v) is 16.8. The van der Waals surface area contributed by atoms with Gasteiger partial charge in [-0.3, -0.25) is 9.59 Å². The highest BCUT2D eigenvalue weighted by Gasteiger charge is 2.23. The zero-order valence-electron chi connectivity index (χ0n) is 16.8. The van der Waals surface area contributed by atoms with Gasteiger partial charge in [-0.1, -0.05) is 37.0 Å². The van der Waals surface area contributed by atoms with Crippen molar-refractivity contribution in [2.75, 3.05) is 17.7 Å². The molecule has 3 N–H and O–H groups in total. The molecule has 2 aromatic rings. The van der Waals surface area contributed by atoms with Gasteiger partial charge in [0.25, 0.3) is 0 Å². The Bertz CT molecular complexity index is 925. The quantitative estimate of drug-likeness (QED) is 0.685. The summed E-state index contributed by atoms with van der Waals surface area (Å²) in [6.07, 6.45) is 4.01. The molecule has 29 heavy (non-hydrogen) atoms. The molecule has 150 valence electrons. The number of carbonyl (C=O) groups is 2. The van der Waals surface area contributed by atoms with Crippen molar-refractivity contribution in [2.24, 2.45) is 5.92 Å². The van der Waals surface area contributed by atoms with E-state index in [0.29, 0.717) is 17.2 Å². The first-order valence-corrected chi connectivity index (χ1v) is 9.94. The maximum Gasteiger partial charge on any atom is 0.242 e. The fourth-order valence-electron chi connectivity index (χ4n) is 3.17. The molecule has 0 radical (unpaired) electrons. The lowest BCUT2D eigenvalue weighted by Crippen LogP contribution is -2.35. The Kier molecular flexibility index (Phi) is 6.99. The molecule has 1 aromatic carbocycles. The number of hydrogen-bond donors (Lipinski definition) is 3. The third-order valence-electron chi connectivity index (χ3n) is 5.06. The number of nitrogens with zero attached hydrogens (tertiary/aromatic N) is 1. The van der Waals surface area contributed by atoms with Crippen molar-refractivity contribution in [3.05, 3.63) is 53.7 Å². The topological polar surface area (TPSA) is 83.1 Å². The van der Waals surface area contributed by atoms with Gasteiger partial charge in [0.15, 0.2) is 0 Å². The Labute approximate surface area is 171 Å². The molecule has 1 unspecified atom stereocenters. The maximum atomic E-state index is 12.6. The van der Waals surface area contributed by atoms with E-state index < -0.39 is 0 Å². The van der Waals surface area contributed by atoms with Crippen LogP contribution in [0.25, 0.3) is 0 Å². The first-order chi connectivity index (χ1) is 14.1. The number of anilines is 2. The van der Waals surface area contributed by atoms with E-state index in [1.807, 2.05) is 30.3 Å². The summed E-state index contributed by atoms with van der Waals surface area (Å²) < 4.78 is 0. The average Bonchev–Trinajstić information content (AvgIpc) is 3.29. The van der Waals surface area contributed by atoms with Crippen molar-refractivity contribution in [1.29, 1.82) is 0 Å². The number of likely N-dealkylation sites (N-methyl/N-ethyl adjacent to an activating group) is 1. The summed E-state index contributed by atoms with van der Waals surface area (Å²) in [5.74, 6) is 6.37. The highest BCUT2D eigenvalue weighted by Crippen LogP contribution is 2.26. The van der Waals surface area contributed by atoms with Crippen LogP contribution in [0, 0.1) is 17.8 Å². The van der Waals surface area contributed by atoms with E-state index in [0.717, 1.165) is 31.2 Å². The van der Waals surface area contributed by atoms with Gasteiger partial charge in [-0.25, -0.2) is 4.98 Å². The van der Waals surface area contributed by atoms with Gasteiger partial charge in [0, 0.05) is 11.5 Å². The number of carbonyl (C=O) groups excluding carboxylic acids is 2. The van der Waals surface area contributed by atoms with Gasteiger partial charge in [-0.2, -0.15) is 0 Å². The van der Waals surface area contributed by atoms with Crippen LogP contribution < -0.4 is 16.0 Å². The lowest BCUT2D eigenvalue weighted by molar-refractivity contribution is -0.119. The van der Waals surface area contributed by atoms with Crippen LogP contribution in [0.15, 0.2) is 42.5 Å². The number of amides is 2. The SMILES string of the molecule is CNC(C)C(=O)Nc1ccc(NC(=O)C2CCCC2)c(C#Cc2ccccc2)n1. The zero-order chi connectivity index (χ0) is 20.6. The number of nitrogens with one attached hydrogen (secondary N) is 3. The van der Waals surface area contributed by atoms with Gasteiger partial charge in [-0.05, 0) is 57.0 Å². The van der Waals surface area contributed by atoms with E-state index >= 15 is 0 Å². The van der Waals surface area contributed by atoms with E-state index in [1.54, 1.807) is 26.1 Å². The molecule has 0 bridgehead atoms. The van der Waals surface area contributed by atoms with Crippen LogP contribution in [-0.4, -0.2) is 29.9 Å². The minimum atomic E-state index is -0.350. The Balaban J connectivity index is 1.86. The van der Waals surface area contributed by atoms with Gasteiger partial charge >= 0.3 is 0 Å². The molecular formula is C23H26N4O2. The molecule has 2 amide bonds. The van der Waals surface area contributed by atoms with Gasteiger partial charge in [0.1, 0.15) is 11.5 Å². The van der Waals surface area contributed by atoms with Crippen LogP contribution in [0.5, 0.6) is 0 Å². The summed E-state index contributed by atoms with van der Waals surface area (Å²) in [5.41, 5.74) is 1.83. The molecule has 1 atom stereocenters. The summed E-state index contributed by atoms with van der Waals surface area (Å²) in [4.78, 5) is 29.2. The molecule has 1 heterocycles. The second kappa shape index (κ2) is 9.85. The van der Waals surface area contributed by atoms with Crippen molar-refractivity contribution in [1.82, 2.24) is 10.3 Å². The Hall–Kier alpha value is -3.17. The molecule has 0 aliphatic heterocycles. The summed E-state index contributed by atoms with van der Waals surface area (Å²) in [7, 11) is 1.72. The molecule has 1 aliphatic carbocycles. The van der Waals surface area contributed by atoms with Crippen molar-refractivity contribution in [3.8, 4) is 11.8 Å². The molecule has 1 fully saturated rings.